The first-order valence-corrected chi connectivity index (χ1v) is 8.58. The number of hydrogen-bond donors (Lipinski definition) is 0. The SMILES string of the molecule is CN(Cc1c(F)cccc1Cl)S(=O)(=O)c1cccc(Br)c1. The van der Waals surface area contributed by atoms with Gasteiger partial charge in [0.25, 0.3) is 0 Å². The number of sulfonamides is 1. The van der Waals surface area contributed by atoms with Crippen LogP contribution < -0.4 is 0 Å². The van der Waals surface area contributed by atoms with Gasteiger partial charge in [-0.25, -0.2) is 12.8 Å². The van der Waals surface area contributed by atoms with Crippen molar-refractivity contribution in [1.82, 2.24) is 4.31 Å². The number of benzene rings is 2. The highest BCUT2D eigenvalue weighted by Crippen LogP contribution is 2.24. The third-order valence-electron chi connectivity index (χ3n) is 2.95. The molecule has 112 valence electrons. The van der Waals surface area contributed by atoms with Crippen LogP contribution in [0.25, 0.3) is 0 Å². The molecule has 7 heteroatoms. The molecule has 0 aliphatic rings. The molecular weight excluding hydrogens is 381 g/mol. The third-order valence-corrected chi connectivity index (χ3v) is 5.59. The van der Waals surface area contributed by atoms with Crippen LogP contribution in [-0.2, 0) is 16.6 Å². The van der Waals surface area contributed by atoms with Crippen LogP contribution in [0.5, 0.6) is 0 Å². The van der Waals surface area contributed by atoms with E-state index in [2.05, 4.69) is 15.9 Å². The molecule has 0 saturated carbocycles. The molecule has 0 heterocycles. The Labute approximate surface area is 136 Å². The topological polar surface area (TPSA) is 37.4 Å². The molecule has 21 heavy (non-hydrogen) atoms. The Bertz CT molecular complexity index is 747. The fourth-order valence-electron chi connectivity index (χ4n) is 1.80. The summed E-state index contributed by atoms with van der Waals surface area (Å²) in [5.74, 6) is -0.529. The zero-order valence-corrected chi connectivity index (χ0v) is 14.2. The third kappa shape index (κ3) is 3.63. The second-order valence-corrected chi connectivity index (χ2v) is 7.79. The summed E-state index contributed by atoms with van der Waals surface area (Å²) in [6.07, 6.45) is 0. The van der Waals surface area contributed by atoms with E-state index in [9.17, 15) is 12.8 Å². The summed E-state index contributed by atoms with van der Waals surface area (Å²) in [6, 6.07) is 10.6. The Balaban J connectivity index is 2.33. The summed E-state index contributed by atoms with van der Waals surface area (Å²) in [4.78, 5) is 0.131. The molecule has 0 saturated heterocycles. The van der Waals surface area contributed by atoms with E-state index < -0.39 is 15.8 Å². The maximum absolute atomic E-state index is 13.8. The summed E-state index contributed by atoms with van der Waals surface area (Å²) in [5, 5.41) is 0.200. The van der Waals surface area contributed by atoms with E-state index in [0.717, 1.165) is 4.31 Å². The molecule has 0 aliphatic heterocycles. The van der Waals surface area contributed by atoms with E-state index in [4.69, 9.17) is 11.6 Å². The molecule has 2 aromatic carbocycles. The maximum atomic E-state index is 13.8. The van der Waals surface area contributed by atoms with Gasteiger partial charge in [0.15, 0.2) is 0 Å². The zero-order chi connectivity index (χ0) is 15.6. The summed E-state index contributed by atoms with van der Waals surface area (Å²) in [7, 11) is -2.33. The molecule has 0 aromatic heterocycles. The molecule has 0 radical (unpaired) electrons. The molecule has 0 fully saturated rings. The van der Waals surface area contributed by atoms with Crippen LogP contribution in [0.4, 0.5) is 4.39 Å². The van der Waals surface area contributed by atoms with Crippen LogP contribution in [0.2, 0.25) is 5.02 Å². The van der Waals surface area contributed by atoms with Gasteiger partial charge in [0.2, 0.25) is 10.0 Å². The van der Waals surface area contributed by atoms with E-state index in [-0.39, 0.29) is 22.0 Å². The molecule has 0 spiro atoms. The van der Waals surface area contributed by atoms with Crippen LogP contribution in [0, 0.1) is 5.82 Å². The Morgan fingerprint density at radius 1 is 1.24 bits per heavy atom. The fraction of sp³-hybridized carbons (Fsp3) is 0.143. The van der Waals surface area contributed by atoms with E-state index in [1.807, 2.05) is 0 Å². The summed E-state index contributed by atoms with van der Waals surface area (Å²) < 4.78 is 40.4. The minimum atomic E-state index is -3.72. The first-order chi connectivity index (χ1) is 9.82. The molecule has 3 nitrogen and oxygen atoms in total. The van der Waals surface area contributed by atoms with Crippen molar-refractivity contribution in [3.63, 3.8) is 0 Å². The predicted molar refractivity (Wildman–Crippen MR) is 84.2 cm³/mol. The average Bonchev–Trinajstić information content (AvgIpc) is 2.42. The standard InChI is InChI=1S/C14H12BrClFNO2S/c1-18(9-12-13(16)6-3-7-14(12)17)21(19,20)11-5-2-4-10(15)8-11/h2-8H,9H2,1H3. The molecule has 2 rings (SSSR count). The highest BCUT2D eigenvalue weighted by Gasteiger charge is 2.23. The minimum absolute atomic E-state index is 0.131. The van der Waals surface area contributed by atoms with Gasteiger partial charge in [0, 0.05) is 28.7 Å². The second-order valence-electron chi connectivity index (χ2n) is 4.42. The highest BCUT2D eigenvalue weighted by atomic mass is 79.9. The van der Waals surface area contributed by atoms with Crippen LogP contribution in [0.3, 0.4) is 0 Å². The lowest BCUT2D eigenvalue weighted by Crippen LogP contribution is -2.27. The van der Waals surface area contributed by atoms with Gasteiger partial charge in [0.05, 0.1) is 4.90 Å². The van der Waals surface area contributed by atoms with Gasteiger partial charge < -0.3 is 0 Å². The quantitative estimate of drug-likeness (QED) is 0.787. The van der Waals surface area contributed by atoms with Crippen LogP contribution in [0.1, 0.15) is 5.56 Å². The van der Waals surface area contributed by atoms with Gasteiger partial charge in [-0.2, -0.15) is 4.31 Å². The zero-order valence-electron chi connectivity index (χ0n) is 11.1. The van der Waals surface area contributed by atoms with Gasteiger partial charge >= 0.3 is 0 Å². The van der Waals surface area contributed by atoms with Crippen molar-refractivity contribution in [3.8, 4) is 0 Å². The van der Waals surface area contributed by atoms with Crippen molar-refractivity contribution in [2.24, 2.45) is 0 Å². The van der Waals surface area contributed by atoms with Crippen LogP contribution in [-0.4, -0.2) is 19.8 Å². The normalized spacial score (nSPS) is 11.9. The van der Waals surface area contributed by atoms with Gasteiger partial charge in [-0.15, -0.1) is 0 Å². The smallest absolute Gasteiger partial charge is 0.207 e. The van der Waals surface area contributed by atoms with Crippen molar-refractivity contribution < 1.29 is 12.8 Å². The first kappa shape index (κ1) is 16.4. The Morgan fingerprint density at radius 2 is 1.90 bits per heavy atom. The lowest BCUT2D eigenvalue weighted by Gasteiger charge is -2.18. The highest BCUT2D eigenvalue weighted by molar-refractivity contribution is 9.10. The van der Waals surface area contributed by atoms with Gasteiger partial charge in [0.1, 0.15) is 5.82 Å². The number of hydrogen-bond acceptors (Lipinski definition) is 2. The number of rotatable bonds is 4. The average molecular weight is 393 g/mol. The first-order valence-electron chi connectivity index (χ1n) is 5.97. The second kappa shape index (κ2) is 6.44. The van der Waals surface area contributed by atoms with E-state index in [0.29, 0.717) is 4.47 Å². The van der Waals surface area contributed by atoms with Crippen LogP contribution >= 0.6 is 27.5 Å². The molecule has 0 aliphatic carbocycles. The van der Waals surface area contributed by atoms with Crippen molar-refractivity contribution >= 4 is 37.6 Å². The molecule has 0 bridgehead atoms. The fourth-order valence-corrected chi connectivity index (χ4v) is 3.76. The van der Waals surface area contributed by atoms with E-state index in [1.165, 1.54) is 37.4 Å². The van der Waals surface area contributed by atoms with Crippen molar-refractivity contribution in [2.45, 2.75) is 11.4 Å². The molecule has 0 atom stereocenters. The summed E-state index contributed by atoms with van der Waals surface area (Å²) in [5.41, 5.74) is 0.153. The Morgan fingerprint density at radius 3 is 2.52 bits per heavy atom. The van der Waals surface area contributed by atoms with Crippen molar-refractivity contribution in [3.05, 3.63) is 63.3 Å². The number of halogens is 3. The van der Waals surface area contributed by atoms with E-state index in [1.54, 1.807) is 12.1 Å². The van der Waals surface area contributed by atoms with Gasteiger partial charge in [-0.3, -0.25) is 0 Å². The molecule has 0 N–H and O–H groups in total. The lowest BCUT2D eigenvalue weighted by atomic mass is 10.2. The van der Waals surface area contributed by atoms with Crippen molar-refractivity contribution in [1.29, 1.82) is 0 Å². The minimum Gasteiger partial charge on any atom is -0.207 e. The summed E-state index contributed by atoms with van der Waals surface area (Å²) in [6.45, 7) is -0.139. The predicted octanol–water partition coefficient (Wildman–Crippen LogP) is 4.06. The van der Waals surface area contributed by atoms with Crippen LogP contribution in [0.15, 0.2) is 51.8 Å². The monoisotopic (exact) mass is 391 g/mol. The largest absolute Gasteiger partial charge is 0.243 e. The number of nitrogens with zero attached hydrogens (tertiary/aromatic N) is 1. The molecule has 0 amide bonds. The van der Waals surface area contributed by atoms with E-state index >= 15 is 0 Å². The molecular formula is C14H12BrClFNO2S. The maximum Gasteiger partial charge on any atom is 0.243 e. The lowest BCUT2D eigenvalue weighted by molar-refractivity contribution is 0.456. The van der Waals surface area contributed by atoms with Gasteiger partial charge in [-0.05, 0) is 30.3 Å². The Hall–Kier alpha value is -0.950. The van der Waals surface area contributed by atoms with Crippen molar-refractivity contribution in [2.75, 3.05) is 7.05 Å². The van der Waals surface area contributed by atoms with Gasteiger partial charge in [-0.1, -0.05) is 39.7 Å². The Kier molecular flexibility index (Phi) is 5.03. The molecule has 0 unspecified atom stereocenters. The summed E-state index contributed by atoms with van der Waals surface area (Å²) >= 11 is 9.16. The molecule has 2 aromatic rings.